The van der Waals surface area contributed by atoms with E-state index in [0.29, 0.717) is 5.88 Å². The molecule has 110 valence electrons. The number of hydrogen-bond donors (Lipinski definition) is 0. The quantitative estimate of drug-likeness (QED) is 0.675. The molecule has 0 unspecified atom stereocenters. The number of ether oxygens (including phenoxy) is 1. The highest BCUT2D eigenvalue weighted by Gasteiger charge is 2.10. The van der Waals surface area contributed by atoms with Crippen LogP contribution in [0, 0.1) is 0 Å². The molecule has 0 bridgehead atoms. The lowest BCUT2D eigenvalue weighted by atomic mass is 9.97. The van der Waals surface area contributed by atoms with E-state index in [-0.39, 0.29) is 0 Å². The molecule has 3 aromatic rings. The fourth-order valence-electron chi connectivity index (χ4n) is 2.73. The Morgan fingerprint density at radius 2 is 1.45 bits per heavy atom. The third-order valence-electron chi connectivity index (χ3n) is 3.87. The molecule has 0 N–H and O–H groups in total. The van der Waals surface area contributed by atoms with Gasteiger partial charge in [-0.1, -0.05) is 61.5 Å². The van der Waals surface area contributed by atoms with E-state index in [2.05, 4.69) is 66.5 Å². The van der Waals surface area contributed by atoms with Gasteiger partial charge in [0.2, 0.25) is 5.88 Å². The van der Waals surface area contributed by atoms with Crippen molar-refractivity contribution in [3.8, 4) is 28.1 Å². The van der Waals surface area contributed by atoms with Crippen molar-refractivity contribution < 1.29 is 4.74 Å². The van der Waals surface area contributed by atoms with Crippen LogP contribution in [0.4, 0.5) is 0 Å². The van der Waals surface area contributed by atoms with E-state index in [1.807, 2.05) is 6.07 Å². The molecule has 1 aromatic heterocycles. The summed E-state index contributed by atoms with van der Waals surface area (Å²) in [5.74, 6) is 0.715. The second kappa shape index (κ2) is 6.44. The average Bonchev–Trinajstić information content (AvgIpc) is 2.62. The number of methoxy groups -OCH3 is 1. The van der Waals surface area contributed by atoms with Gasteiger partial charge in [-0.25, -0.2) is 4.98 Å². The summed E-state index contributed by atoms with van der Waals surface area (Å²) in [7, 11) is 1.67. The summed E-state index contributed by atoms with van der Waals surface area (Å²) in [6.07, 6.45) is 2.70. The van der Waals surface area contributed by atoms with Crippen LogP contribution in [0.3, 0.4) is 0 Å². The minimum Gasteiger partial charge on any atom is -0.481 e. The first-order valence-corrected chi connectivity index (χ1v) is 7.51. The molecule has 0 spiro atoms. The first-order valence-electron chi connectivity index (χ1n) is 7.51. The zero-order chi connectivity index (χ0) is 15.4. The highest BCUT2D eigenvalue weighted by Crippen LogP contribution is 2.31. The molecule has 22 heavy (non-hydrogen) atoms. The summed E-state index contributed by atoms with van der Waals surface area (Å²) in [6, 6.07) is 21.1. The van der Waals surface area contributed by atoms with Gasteiger partial charge in [0, 0.05) is 11.8 Å². The molecule has 2 aromatic carbocycles. The summed E-state index contributed by atoms with van der Waals surface area (Å²) in [6.45, 7) is 2.13. The van der Waals surface area contributed by atoms with E-state index in [0.717, 1.165) is 12.0 Å². The zero-order valence-electron chi connectivity index (χ0n) is 12.9. The predicted octanol–water partition coefficient (Wildman–Crippen LogP) is 4.99. The van der Waals surface area contributed by atoms with Gasteiger partial charge in [0.25, 0.3) is 0 Å². The highest BCUT2D eigenvalue weighted by atomic mass is 16.5. The van der Waals surface area contributed by atoms with E-state index >= 15 is 0 Å². The molecule has 0 aliphatic carbocycles. The Morgan fingerprint density at radius 3 is 2.09 bits per heavy atom. The van der Waals surface area contributed by atoms with Crippen LogP contribution in [0.5, 0.6) is 5.88 Å². The van der Waals surface area contributed by atoms with Gasteiger partial charge >= 0.3 is 0 Å². The van der Waals surface area contributed by atoms with Crippen molar-refractivity contribution in [2.75, 3.05) is 7.11 Å². The van der Waals surface area contributed by atoms with Crippen LogP contribution in [-0.4, -0.2) is 12.1 Å². The molecule has 0 fully saturated rings. The number of rotatable bonds is 4. The van der Waals surface area contributed by atoms with Gasteiger partial charge in [-0.15, -0.1) is 0 Å². The molecule has 2 heteroatoms. The van der Waals surface area contributed by atoms with E-state index in [1.54, 1.807) is 13.3 Å². The van der Waals surface area contributed by atoms with Crippen molar-refractivity contribution in [3.63, 3.8) is 0 Å². The topological polar surface area (TPSA) is 22.1 Å². The second-order valence-corrected chi connectivity index (χ2v) is 5.14. The Balaban J connectivity index is 2.00. The zero-order valence-corrected chi connectivity index (χ0v) is 12.9. The molecule has 3 rings (SSSR count). The van der Waals surface area contributed by atoms with Crippen LogP contribution in [0.15, 0.2) is 66.9 Å². The maximum atomic E-state index is 5.38. The van der Waals surface area contributed by atoms with Crippen molar-refractivity contribution >= 4 is 0 Å². The third kappa shape index (κ3) is 2.73. The van der Waals surface area contributed by atoms with Crippen molar-refractivity contribution in [1.29, 1.82) is 0 Å². The summed E-state index contributed by atoms with van der Waals surface area (Å²) >= 11 is 0. The standard InChI is InChI=1S/C20H19NO/c1-3-18-19(13-14-21-20(18)22-2)17-11-9-16(10-12-17)15-7-5-4-6-8-15/h4-14H,3H2,1-2H3. The van der Waals surface area contributed by atoms with Crippen molar-refractivity contribution in [2.45, 2.75) is 13.3 Å². The van der Waals surface area contributed by atoms with Gasteiger partial charge in [0.15, 0.2) is 0 Å². The minimum atomic E-state index is 0.715. The maximum absolute atomic E-state index is 5.38. The molecule has 0 saturated carbocycles. The monoisotopic (exact) mass is 289 g/mol. The molecule has 0 atom stereocenters. The molecule has 0 amide bonds. The fourth-order valence-corrected chi connectivity index (χ4v) is 2.73. The van der Waals surface area contributed by atoms with Crippen molar-refractivity contribution in [2.24, 2.45) is 0 Å². The first kappa shape index (κ1) is 14.3. The molecule has 1 heterocycles. The van der Waals surface area contributed by atoms with Crippen molar-refractivity contribution in [1.82, 2.24) is 4.98 Å². The molecule has 0 aliphatic rings. The number of nitrogens with zero attached hydrogens (tertiary/aromatic N) is 1. The van der Waals surface area contributed by atoms with Crippen LogP contribution < -0.4 is 4.74 Å². The average molecular weight is 289 g/mol. The number of hydrogen-bond acceptors (Lipinski definition) is 2. The Hall–Kier alpha value is -2.61. The Labute approximate surface area is 131 Å². The predicted molar refractivity (Wildman–Crippen MR) is 91.0 cm³/mol. The Bertz CT molecular complexity index is 748. The van der Waals surface area contributed by atoms with Crippen molar-refractivity contribution in [3.05, 3.63) is 72.4 Å². The SMILES string of the molecule is CCc1c(-c2ccc(-c3ccccc3)cc2)ccnc1OC. The highest BCUT2D eigenvalue weighted by molar-refractivity contribution is 5.73. The van der Waals surface area contributed by atoms with E-state index in [1.165, 1.54) is 22.3 Å². The smallest absolute Gasteiger partial charge is 0.216 e. The van der Waals surface area contributed by atoms with Crippen LogP contribution >= 0.6 is 0 Å². The Kier molecular flexibility index (Phi) is 4.19. The maximum Gasteiger partial charge on any atom is 0.216 e. The number of aromatic nitrogens is 1. The van der Waals surface area contributed by atoms with Gasteiger partial charge in [0.1, 0.15) is 0 Å². The number of benzene rings is 2. The summed E-state index contributed by atoms with van der Waals surface area (Å²) in [5, 5.41) is 0. The summed E-state index contributed by atoms with van der Waals surface area (Å²) in [4.78, 5) is 4.30. The minimum absolute atomic E-state index is 0.715. The normalized spacial score (nSPS) is 10.5. The lowest BCUT2D eigenvalue weighted by Crippen LogP contribution is -1.96. The largest absolute Gasteiger partial charge is 0.481 e. The van der Waals surface area contributed by atoms with E-state index < -0.39 is 0 Å². The van der Waals surface area contributed by atoms with Crippen LogP contribution in [0.2, 0.25) is 0 Å². The van der Waals surface area contributed by atoms with Crippen LogP contribution in [0.1, 0.15) is 12.5 Å². The summed E-state index contributed by atoms with van der Waals surface area (Å²) in [5.41, 5.74) is 5.99. The van der Waals surface area contributed by atoms with Gasteiger partial charge in [-0.3, -0.25) is 0 Å². The van der Waals surface area contributed by atoms with Gasteiger partial charge in [-0.05, 0) is 34.7 Å². The first-order chi connectivity index (χ1) is 10.8. The molecule has 2 nitrogen and oxygen atoms in total. The van der Waals surface area contributed by atoms with Crippen LogP contribution in [-0.2, 0) is 6.42 Å². The lowest BCUT2D eigenvalue weighted by molar-refractivity contribution is 0.393. The molecule has 0 saturated heterocycles. The van der Waals surface area contributed by atoms with E-state index in [4.69, 9.17) is 4.74 Å². The molecular formula is C20H19NO. The van der Waals surface area contributed by atoms with E-state index in [9.17, 15) is 0 Å². The van der Waals surface area contributed by atoms with Gasteiger partial charge < -0.3 is 4.74 Å². The van der Waals surface area contributed by atoms with Gasteiger partial charge in [-0.2, -0.15) is 0 Å². The second-order valence-electron chi connectivity index (χ2n) is 5.14. The number of pyridine rings is 1. The molecule has 0 aliphatic heterocycles. The lowest BCUT2D eigenvalue weighted by Gasteiger charge is -2.12. The van der Waals surface area contributed by atoms with Crippen LogP contribution in [0.25, 0.3) is 22.3 Å². The third-order valence-corrected chi connectivity index (χ3v) is 3.87. The fraction of sp³-hybridized carbons (Fsp3) is 0.150. The molecule has 0 radical (unpaired) electrons. The van der Waals surface area contributed by atoms with Gasteiger partial charge in [0.05, 0.1) is 7.11 Å². The Morgan fingerprint density at radius 1 is 0.818 bits per heavy atom. The molecular weight excluding hydrogens is 270 g/mol. The summed E-state index contributed by atoms with van der Waals surface area (Å²) < 4.78 is 5.38.